The minimum Gasteiger partial charge on any atom is -0.481 e. The van der Waals surface area contributed by atoms with Crippen LogP contribution in [0.3, 0.4) is 0 Å². The monoisotopic (exact) mass is 892 g/mol. The van der Waals surface area contributed by atoms with E-state index < -0.39 is 18.0 Å². The molecule has 0 saturated heterocycles. The SMILES string of the molecule is CN[C@@H](CCCCNC(=O)COCCOCCNC(=O)COCCOCCNC(=O)CC[C@H](NC(=O)CCCCCCCCCCCCCCCCC(=O)O)C(=O)O)C(=O)P. The van der Waals surface area contributed by atoms with Crippen LogP contribution in [0.5, 0.6) is 0 Å². The quantitative estimate of drug-likeness (QED) is 0.0343. The lowest BCUT2D eigenvalue weighted by Gasteiger charge is -2.14. The molecule has 7 N–H and O–H groups in total. The summed E-state index contributed by atoms with van der Waals surface area (Å²) in [4.78, 5) is 81.8. The van der Waals surface area contributed by atoms with Crippen LogP contribution in [0.15, 0.2) is 0 Å². The Morgan fingerprint density at radius 2 is 0.902 bits per heavy atom. The number of ether oxygens (including phenoxy) is 4. The average molecular weight is 892 g/mol. The molecule has 0 aliphatic carbocycles. The van der Waals surface area contributed by atoms with Crippen molar-refractivity contribution in [1.82, 2.24) is 26.6 Å². The van der Waals surface area contributed by atoms with Crippen molar-refractivity contribution in [2.75, 3.05) is 79.5 Å². The van der Waals surface area contributed by atoms with Gasteiger partial charge in [-0.2, -0.15) is 0 Å². The minimum atomic E-state index is -1.18. The fourth-order valence-electron chi connectivity index (χ4n) is 6.10. The Morgan fingerprint density at radius 1 is 0.459 bits per heavy atom. The summed E-state index contributed by atoms with van der Waals surface area (Å²) in [6.45, 7) is 2.09. The van der Waals surface area contributed by atoms with Gasteiger partial charge in [0, 0.05) is 38.9 Å². The zero-order valence-corrected chi connectivity index (χ0v) is 37.9. The zero-order chi connectivity index (χ0) is 45.2. The third kappa shape index (κ3) is 40.5. The van der Waals surface area contributed by atoms with E-state index >= 15 is 0 Å². The van der Waals surface area contributed by atoms with E-state index in [0.29, 0.717) is 19.4 Å². The molecular weight excluding hydrogens is 813 g/mol. The number of nitrogens with one attached hydrogen (secondary N) is 5. The number of likely N-dealkylation sites (N-methyl/N-ethyl adjacent to an activating group) is 1. The first-order chi connectivity index (χ1) is 29.5. The second kappa shape index (κ2) is 42.0. The molecule has 19 heteroatoms. The number of rotatable bonds is 45. The topological polar surface area (TPSA) is 257 Å². The van der Waals surface area contributed by atoms with E-state index in [1.54, 1.807) is 7.05 Å². The molecule has 0 aliphatic heterocycles. The maximum Gasteiger partial charge on any atom is 0.326 e. The highest BCUT2D eigenvalue weighted by Crippen LogP contribution is 2.14. The molecule has 0 heterocycles. The van der Waals surface area contributed by atoms with Gasteiger partial charge in [0.2, 0.25) is 23.6 Å². The summed E-state index contributed by atoms with van der Waals surface area (Å²) >= 11 is 0. The number of unbranched alkanes of at least 4 members (excludes halogenated alkanes) is 14. The van der Waals surface area contributed by atoms with Crippen LogP contribution in [0.25, 0.3) is 0 Å². The molecule has 0 saturated carbocycles. The Labute approximate surface area is 365 Å². The molecule has 0 spiro atoms. The largest absolute Gasteiger partial charge is 0.481 e. The summed E-state index contributed by atoms with van der Waals surface area (Å²) < 4.78 is 21.3. The van der Waals surface area contributed by atoms with Crippen molar-refractivity contribution in [3.05, 3.63) is 0 Å². The lowest BCUT2D eigenvalue weighted by molar-refractivity contribution is -0.142. The molecule has 0 rings (SSSR count). The van der Waals surface area contributed by atoms with Crippen LogP contribution in [0.2, 0.25) is 0 Å². The van der Waals surface area contributed by atoms with Crippen LogP contribution in [-0.2, 0) is 52.5 Å². The van der Waals surface area contributed by atoms with Crippen LogP contribution in [0, 0.1) is 0 Å². The molecule has 0 aliphatic rings. The molecule has 61 heavy (non-hydrogen) atoms. The third-order valence-corrected chi connectivity index (χ3v) is 10.0. The fourth-order valence-corrected chi connectivity index (χ4v) is 6.43. The van der Waals surface area contributed by atoms with Crippen molar-refractivity contribution < 1.29 is 62.7 Å². The first kappa shape index (κ1) is 57.7. The Balaban J connectivity index is 3.65. The van der Waals surface area contributed by atoms with Crippen molar-refractivity contribution in [2.45, 2.75) is 147 Å². The Hall–Kier alpha value is -3.28. The normalized spacial score (nSPS) is 12.0. The fraction of sp³-hybridized carbons (Fsp3) is 0.833. The highest BCUT2D eigenvalue weighted by Gasteiger charge is 2.21. The van der Waals surface area contributed by atoms with E-state index in [1.165, 1.54) is 44.9 Å². The van der Waals surface area contributed by atoms with Gasteiger partial charge in [-0.05, 0) is 45.6 Å². The average Bonchev–Trinajstić information content (AvgIpc) is 3.22. The molecule has 3 atom stereocenters. The molecule has 0 aromatic carbocycles. The van der Waals surface area contributed by atoms with E-state index in [4.69, 9.17) is 24.1 Å². The first-order valence-corrected chi connectivity index (χ1v) is 22.9. The highest BCUT2D eigenvalue weighted by molar-refractivity contribution is 7.40. The summed E-state index contributed by atoms with van der Waals surface area (Å²) in [5.74, 6) is -3.12. The number of carbonyl (C=O) groups excluding carboxylic acids is 5. The van der Waals surface area contributed by atoms with E-state index in [-0.39, 0.29) is 127 Å². The lowest BCUT2D eigenvalue weighted by Crippen LogP contribution is -2.41. The highest BCUT2D eigenvalue weighted by atomic mass is 31.0. The van der Waals surface area contributed by atoms with E-state index in [0.717, 1.165) is 51.4 Å². The number of hydrogen-bond donors (Lipinski definition) is 7. The summed E-state index contributed by atoms with van der Waals surface area (Å²) in [6.07, 6.45) is 17.8. The molecule has 4 amide bonds. The molecule has 0 aromatic rings. The van der Waals surface area contributed by atoms with Crippen LogP contribution in [-0.4, -0.2) is 143 Å². The maximum atomic E-state index is 12.3. The molecule has 354 valence electrons. The predicted molar refractivity (Wildman–Crippen MR) is 234 cm³/mol. The van der Waals surface area contributed by atoms with Crippen molar-refractivity contribution in [1.29, 1.82) is 0 Å². The lowest BCUT2D eigenvalue weighted by atomic mass is 10.0. The smallest absolute Gasteiger partial charge is 0.326 e. The van der Waals surface area contributed by atoms with E-state index in [9.17, 15) is 38.7 Å². The van der Waals surface area contributed by atoms with Crippen molar-refractivity contribution in [3.63, 3.8) is 0 Å². The van der Waals surface area contributed by atoms with Crippen molar-refractivity contribution >= 4 is 50.3 Å². The number of carboxylic acid groups (broad SMARTS) is 2. The van der Waals surface area contributed by atoms with Crippen molar-refractivity contribution in [2.24, 2.45) is 0 Å². The molecule has 18 nitrogen and oxygen atoms in total. The van der Waals surface area contributed by atoms with Gasteiger partial charge in [-0.25, -0.2) is 4.79 Å². The standard InChI is InChI=1S/C42H78N5O13P/c1-43-35(42(56)61)18-16-17-23-44-38(50)32-59-30-29-58-27-25-46-39(51)33-60-31-28-57-26-24-45-36(48)22-21-34(41(54)55)47-37(49)19-14-12-10-8-6-4-2-3-5-7-9-11-13-15-20-40(52)53/h34-35,43H,2-33,61H2,1H3,(H,44,50)(H,45,48)(H,46,51)(H,47,49)(H,52,53)(H,54,55)/t34-,35-/m0/s1. The number of hydrogen-bond acceptors (Lipinski definition) is 12. The zero-order valence-electron chi connectivity index (χ0n) is 36.7. The maximum absolute atomic E-state index is 12.3. The second-order valence-corrected chi connectivity index (χ2v) is 15.5. The molecular formula is C42H78N5O13P. The Kier molecular flexibility index (Phi) is 39.8. The molecule has 0 aromatic heterocycles. The molecule has 1 unspecified atom stereocenters. The van der Waals surface area contributed by atoms with E-state index in [2.05, 4.69) is 35.8 Å². The van der Waals surface area contributed by atoms with Crippen LogP contribution >= 0.6 is 9.24 Å². The second-order valence-electron chi connectivity index (χ2n) is 15.0. The van der Waals surface area contributed by atoms with Gasteiger partial charge < -0.3 is 55.7 Å². The summed E-state index contributed by atoms with van der Waals surface area (Å²) in [6, 6.07) is -1.33. The van der Waals surface area contributed by atoms with Gasteiger partial charge in [0.05, 0.1) is 45.7 Å². The first-order valence-electron chi connectivity index (χ1n) is 22.3. The molecule has 0 bridgehead atoms. The van der Waals surface area contributed by atoms with Crippen LogP contribution in [0.4, 0.5) is 0 Å². The number of amides is 4. The summed E-state index contributed by atoms with van der Waals surface area (Å²) in [5.41, 5.74) is 0.0180. The minimum absolute atomic E-state index is 0.0180. The van der Waals surface area contributed by atoms with Crippen LogP contribution < -0.4 is 26.6 Å². The van der Waals surface area contributed by atoms with Gasteiger partial charge in [-0.3, -0.25) is 28.8 Å². The van der Waals surface area contributed by atoms with Gasteiger partial charge in [0.15, 0.2) is 5.52 Å². The number of aliphatic carboxylic acids is 2. The molecule has 0 radical (unpaired) electrons. The summed E-state index contributed by atoms with van der Waals surface area (Å²) in [7, 11) is 3.92. The van der Waals surface area contributed by atoms with Crippen LogP contribution in [0.1, 0.15) is 135 Å². The van der Waals surface area contributed by atoms with Gasteiger partial charge in [-0.1, -0.05) is 86.3 Å². The third-order valence-electron chi connectivity index (χ3n) is 9.62. The van der Waals surface area contributed by atoms with Gasteiger partial charge in [0.25, 0.3) is 0 Å². The Bertz CT molecular complexity index is 1200. The molecule has 0 fully saturated rings. The van der Waals surface area contributed by atoms with E-state index in [1.807, 2.05) is 0 Å². The Morgan fingerprint density at radius 3 is 1.36 bits per heavy atom. The van der Waals surface area contributed by atoms with Gasteiger partial charge in [0.1, 0.15) is 19.3 Å². The van der Waals surface area contributed by atoms with Gasteiger partial charge in [-0.15, -0.1) is 0 Å². The number of carbonyl (C=O) groups is 7. The van der Waals surface area contributed by atoms with Gasteiger partial charge >= 0.3 is 11.9 Å². The predicted octanol–water partition coefficient (Wildman–Crippen LogP) is 3.24. The number of carboxylic acids is 2. The van der Waals surface area contributed by atoms with Crippen molar-refractivity contribution in [3.8, 4) is 0 Å². The summed E-state index contributed by atoms with van der Waals surface area (Å²) in [5, 5.41) is 31.7.